The lowest BCUT2D eigenvalue weighted by molar-refractivity contribution is -0.387. The summed E-state index contributed by atoms with van der Waals surface area (Å²) in [5, 5.41) is 19.7. The number of aliphatic carboxylic acids is 1. The summed E-state index contributed by atoms with van der Waals surface area (Å²) < 4.78 is 12.0. The molecule has 18 heavy (non-hydrogen) atoms. The number of carboxylic acid groups (broad SMARTS) is 1. The third-order valence-electron chi connectivity index (χ3n) is 2.38. The van der Waals surface area contributed by atoms with Crippen molar-refractivity contribution >= 4 is 22.5 Å². The van der Waals surface area contributed by atoms with E-state index < -0.39 is 27.1 Å². The molecule has 0 aromatic heterocycles. The normalized spacial score (nSPS) is 13.0. The molecule has 1 rings (SSSR count). The lowest BCUT2D eigenvalue weighted by Gasteiger charge is -2.17. The summed E-state index contributed by atoms with van der Waals surface area (Å²) >= 11 is 0. The van der Waals surface area contributed by atoms with E-state index in [1.54, 1.807) is 0 Å². The Labute approximate surface area is 106 Å². The highest BCUT2D eigenvalue weighted by molar-refractivity contribution is 7.85. The van der Waals surface area contributed by atoms with Gasteiger partial charge in [0.2, 0.25) is 0 Å². The van der Waals surface area contributed by atoms with E-state index in [-0.39, 0.29) is 16.3 Å². The Hall–Kier alpha value is -1.76. The molecule has 0 aliphatic heterocycles. The molecule has 0 saturated carbocycles. The Morgan fingerprint density at radius 3 is 2.50 bits per heavy atom. The van der Waals surface area contributed by atoms with Crippen molar-refractivity contribution in [2.24, 2.45) is 5.41 Å². The fraction of sp³-hybridized carbons (Fsp3) is 0.364. The molecule has 1 atom stereocenters. The fourth-order valence-corrected chi connectivity index (χ4v) is 2.81. The molecule has 0 bridgehead atoms. The second-order valence-electron chi connectivity index (χ2n) is 4.40. The Morgan fingerprint density at radius 1 is 1.44 bits per heavy atom. The number of hydrogen-bond acceptors (Lipinski definition) is 4. The zero-order chi connectivity index (χ0) is 13.9. The van der Waals surface area contributed by atoms with E-state index in [2.05, 4.69) is 0 Å². The van der Waals surface area contributed by atoms with Gasteiger partial charge in [-0.1, -0.05) is 12.1 Å². The van der Waals surface area contributed by atoms with Crippen molar-refractivity contribution in [2.75, 3.05) is 5.75 Å². The van der Waals surface area contributed by atoms with Crippen LogP contribution in [-0.4, -0.2) is 26.0 Å². The van der Waals surface area contributed by atoms with Crippen molar-refractivity contribution in [3.63, 3.8) is 0 Å². The minimum Gasteiger partial charge on any atom is -0.481 e. The fourth-order valence-electron chi connectivity index (χ4n) is 1.27. The summed E-state index contributed by atoms with van der Waals surface area (Å²) in [4.78, 5) is 21.1. The summed E-state index contributed by atoms with van der Waals surface area (Å²) in [6.07, 6.45) is 0. The predicted octanol–water partition coefficient (Wildman–Crippen LogP) is 1.81. The first-order chi connectivity index (χ1) is 8.25. The van der Waals surface area contributed by atoms with Crippen molar-refractivity contribution in [3.05, 3.63) is 34.4 Å². The first-order valence-corrected chi connectivity index (χ1v) is 6.43. The largest absolute Gasteiger partial charge is 0.481 e. The molecule has 0 aliphatic rings. The van der Waals surface area contributed by atoms with Crippen molar-refractivity contribution in [2.45, 2.75) is 18.7 Å². The van der Waals surface area contributed by atoms with Gasteiger partial charge in [-0.05, 0) is 19.9 Å². The summed E-state index contributed by atoms with van der Waals surface area (Å²) in [7, 11) is -1.73. The van der Waals surface area contributed by atoms with Crippen LogP contribution in [0.1, 0.15) is 13.8 Å². The Morgan fingerprint density at radius 2 is 2.00 bits per heavy atom. The van der Waals surface area contributed by atoms with Crippen LogP contribution in [0.3, 0.4) is 0 Å². The quantitative estimate of drug-likeness (QED) is 0.650. The van der Waals surface area contributed by atoms with Gasteiger partial charge < -0.3 is 5.11 Å². The monoisotopic (exact) mass is 271 g/mol. The van der Waals surface area contributed by atoms with Crippen LogP contribution in [0, 0.1) is 15.5 Å². The highest BCUT2D eigenvalue weighted by Crippen LogP contribution is 2.26. The van der Waals surface area contributed by atoms with Gasteiger partial charge in [0.1, 0.15) is 4.90 Å². The van der Waals surface area contributed by atoms with Crippen molar-refractivity contribution in [1.82, 2.24) is 0 Å². The molecule has 0 aliphatic carbocycles. The zero-order valence-corrected chi connectivity index (χ0v) is 10.8. The van der Waals surface area contributed by atoms with Gasteiger partial charge in [-0.2, -0.15) is 0 Å². The molecule has 6 nitrogen and oxygen atoms in total. The van der Waals surface area contributed by atoms with Crippen LogP contribution in [0.2, 0.25) is 0 Å². The number of carbonyl (C=O) groups is 1. The van der Waals surface area contributed by atoms with Crippen LogP contribution in [0.4, 0.5) is 5.69 Å². The molecule has 0 radical (unpaired) electrons. The van der Waals surface area contributed by atoms with Crippen LogP contribution in [0.25, 0.3) is 0 Å². The van der Waals surface area contributed by atoms with Crippen LogP contribution >= 0.6 is 0 Å². The topological polar surface area (TPSA) is 97.5 Å². The number of nitro benzene ring substituents is 1. The van der Waals surface area contributed by atoms with Gasteiger partial charge in [0.15, 0.2) is 0 Å². The van der Waals surface area contributed by atoms with Gasteiger partial charge in [0.05, 0.1) is 21.1 Å². The van der Waals surface area contributed by atoms with Gasteiger partial charge in [0.25, 0.3) is 5.69 Å². The van der Waals surface area contributed by atoms with E-state index in [1.807, 2.05) is 0 Å². The molecular formula is C11H13NO5S. The highest BCUT2D eigenvalue weighted by atomic mass is 32.2. The predicted molar refractivity (Wildman–Crippen MR) is 65.8 cm³/mol. The third kappa shape index (κ3) is 3.13. The maximum absolute atomic E-state index is 12.0. The standard InChI is InChI=1S/C11H13NO5S/c1-11(2,10(13)14)7-18(17)9-6-4-3-5-8(9)12(15)16/h3-6H,7H2,1-2H3,(H,13,14). The van der Waals surface area contributed by atoms with Gasteiger partial charge in [-0.3, -0.25) is 19.1 Å². The molecular weight excluding hydrogens is 258 g/mol. The summed E-state index contributed by atoms with van der Waals surface area (Å²) in [6.45, 7) is 2.87. The van der Waals surface area contributed by atoms with Gasteiger partial charge in [0, 0.05) is 11.8 Å². The summed E-state index contributed by atoms with van der Waals surface area (Å²) in [5.41, 5.74) is -1.45. The van der Waals surface area contributed by atoms with E-state index in [1.165, 1.54) is 38.1 Å². The molecule has 1 aromatic rings. The summed E-state index contributed by atoms with van der Waals surface area (Å²) in [6, 6.07) is 5.64. The van der Waals surface area contributed by atoms with Crippen LogP contribution in [0.5, 0.6) is 0 Å². The zero-order valence-electron chi connectivity index (χ0n) is 9.95. The Balaban J connectivity index is 3.06. The SMILES string of the molecule is CC(C)(CS(=O)c1ccccc1[N+](=O)[O-])C(=O)O. The molecule has 0 saturated heterocycles. The maximum Gasteiger partial charge on any atom is 0.310 e. The van der Waals surface area contributed by atoms with Crippen LogP contribution < -0.4 is 0 Å². The minimum atomic E-state index is -1.73. The first-order valence-electron chi connectivity index (χ1n) is 5.11. The van der Waals surface area contributed by atoms with Gasteiger partial charge in [-0.15, -0.1) is 0 Å². The van der Waals surface area contributed by atoms with E-state index in [0.29, 0.717) is 0 Å². The number of nitrogens with zero attached hydrogens (tertiary/aromatic N) is 1. The van der Waals surface area contributed by atoms with Crippen LogP contribution in [0.15, 0.2) is 29.2 Å². The average Bonchev–Trinajstić information content (AvgIpc) is 2.28. The summed E-state index contributed by atoms with van der Waals surface area (Å²) in [5.74, 6) is -1.26. The van der Waals surface area contributed by atoms with Crippen molar-refractivity contribution in [1.29, 1.82) is 0 Å². The number of hydrogen-bond donors (Lipinski definition) is 1. The van der Waals surface area contributed by atoms with Gasteiger partial charge >= 0.3 is 5.97 Å². The second-order valence-corrected chi connectivity index (χ2v) is 5.82. The molecule has 0 spiro atoms. The molecule has 1 aromatic carbocycles. The number of benzene rings is 1. The molecule has 0 heterocycles. The minimum absolute atomic E-state index is 0.0526. The lowest BCUT2D eigenvalue weighted by Crippen LogP contribution is -2.30. The second kappa shape index (κ2) is 5.26. The Bertz CT molecular complexity index is 512. The number of nitro groups is 1. The van der Waals surface area contributed by atoms with Crippen molar-refractivity contribution in [3.8, 4) is 0 Å². The molecule has 0 fully saturated rings. The first kappa shape index (κ1) is 14.3. The molecule has 7 heteroatoms. The molecule has 98 valence electrons. The average molecular weight is 271 g/mol. The third-order valence-corrected chi connectivity index (χ3v) is 4.20. The van der Waals surface area contributed by atoms with Crippen molar-refractivity contribution < 1.29 is 19.0 Å². The number of para-hydroxylation sites is 1. The molecule has 0 amide bonds. The molecule has 1 N–H and O–H groups in total. The van der Waals surface area contributed by atoms with Gasteiger partial charge in [-0.25, -0.2) is 0 Å². The van der Waals surface area contributed by atoms with Crippen LogP contribution in [-0.2, 0) is 15.6 Å². The number of carboxylic acids is 1. The molecule has 1 unspecified atom stereocenters. The highest BCUT2D eigenvalue weighted by Gasteiger charge is 2.32. The van der Waals surface area contributed by atoms with E-state index >= 15 is 0 Å². The lowest BCUT2D eigenvalue weighted by atomic mass is 9.97. The van der Waals surface area contributed by atoms with E-state index in [9.17, 15) is 19.1 Å². The maximum atomic E-state index is 12.0. The van der Waals surface area contributed by atoms with E-state index in [4.69, 9.17) is 5.11 Å². The smallest absolute Gasteiger partial charge is 0.310 e. The number of rotatable bonds is 5. The van der Waals surface area contributed by atoms with E-state index in [0.717, 1.165) is 0 Å². The Kier molecular flexibility index (Phi) is 4.18.